The minimum absolute atomic E-state index is 0.00769. The molecule has 272 valence electrons. The predicted octanol–water partition coefficient (Wildman–Crippen LogP) is 1.87. The molecule has 1 saturated carbocycles. The van der Waals surface area contributed by atoms with Crippen LogP contribution < -0.4 is 21.3 Å². The number of terminal acetylenes is 1. The molecule has 0 bridgehead atoms. The summed E-state index contributed by atoms with van der Waals surface area (Å²) in [6.07, 6.45) is 8.29. The van der Waals surface area contributed by atoms with Crippen molar-refractivity contribution in [2.24, 2.45) is 28.1 Å². The number of hydrogen-bond acceptors (Lipinski definition) is 7. The summed E-state index contributed by atoms with van der Waals surface area (Å²) in [6, 6.07) is -4.39. The zero-order chi connectivity index (χ0) is 37.0. The van der Waals surface area contributed by atoms with Crippen LogP contribution in [0.5, 0.6) is 0 Å². The molecule has 0 aromatic carbocycles. The van der Waals surface area contributed by atoms with Crippen molar-refractivity contribution in [1.82, 2.24) is 30.5 Å². The Bertz CT molecular complexity index is 1380. The highest BCUT2D eigenvalue weighted by molar-refractivity contribution is 7.88. The van der Waals surface area contributed by atoms with Gasteiger partial charge in [-0.1, -0.05) is 55.4 Å². The van der Waals surface area contributed by atoms with Crippen molar-refractivity contribution in [2.45, 2.75) is 112 Å². The minimum Gasteiger partial charge on any atom is -0.350 e. The van der Waals surface area contributed by atoms with Crippen LogP contribution in [0.15, 0.2) is 0 Å². The smallest absolute Gasteiger partial charge is 0.315 e. The van der Waals surface area contributed by atoms with Crippen LogP contribution in [0, 0.1) is 40.4 Å². The Kier molecular flexibility index (Phi) is 13.3. The first kappa shape index (κ1) is 41.0. The fraction of sp³-hybridized carbons (Fsp3) is 0.794. The van der Waals surface area contributed by atoms with Gasteiger partial charge in [-0.3, -0.25) is 19.2 Å². The second-order valence-corrected chi connectivity index (χ2v) is 18.2. The van der Waals surface area contributed by atoms with Gasteiger partial charge >= 0.3 is 6.03 Å². The van der Waals surface area contributed by atoms with Crippen LogP contribution in [-0.4, -0.2) is 104 Å². The van der Waals surface area contributed by atoms with Crippen LogP contribution in [0.2, 0.25) is 0 Å². The van der Waals surface area contributed by atoms with Crippen molar-refractivity contribution in [3.05, 3.63) is 0 Å². The van der Waals surface area contributed by atoms with Crippen molar-refractivity contribution in [3.63, 3.8) is 0 Å². The van der Waals surface area contributed by atoms with Crippen LogP contribution >= 0.6 is 0 Å². The molecule has 1 heterocycles. The van der Waals surface area contributed by atoms with Crippen LogP contribution in [-0.2, 0) is 29.2 Å². The average molecular weight is 695 g/mol. The van der Waals surface area contributed by atoms with E-state index in [4.69, 9.17) is 6.42 Å². The summed E-state index contributed by atoms with van der Waals surface area (Å²) in [5.41, 5.74) is -1.47. The highest BCUT2D eigenvalue weighted by atomic mass is 32.2. The van der Waals surface area contributed by atoms with Crippen molar-refractivity contribution < 1.29 is 32.4 Å². The topological polar surface area (TPSA) is 174 Å². The maximum Gasteiger partial charge on any atom is 0.315 e. The molecule has 1 aliphatic heterocycles. The number of fused-ring (bicyclic) bond motifs is 1. The van der Waals surface area contributed by atoms with Crippen molar-refractivity contribution in [3.8, 4) is 12.3 Å². The summed E-state index contributed by atoms with van der Waals surface area (Å²) in [6.45, 7) is 17.5. The summed E-state index contributed by atoms with van der Waals surface area (Å²) in [5.74, 6) is -0.358. The molecule has 5 amide bonds. The van der Waals surface area contributed by atoms with Gasteiger partial charge < -0.3 is 26.2 Å². The predicted molar refractivity (Wildman–Crippen MR) is 185 cm³/mol. The lowest BCUT2D eigenvalue weighted by atomic mass is 9.79. The molecule has 6 atom stereocenters. The Morgan fingerprint density at radius 2 is 1.62 bits per heavy atom. The number of carbonyl (C=O) groups is 5. The molecule has 13 nitrogen and oxygen atoms in total. The molecule has 2 fully saturated rings. The van der Waals surface area contributed by atoms with Crippen molar-refractivity contribution >= 4 is 39.6 Å². The maximum atomic E-state index is 14.5. The molecule has 1 aliphatic carbocycles. The molecule has 0 radical (unpaired) electrons. The van der Waals surface area contributed by atoms with Gasteiger partial charge in [-0.15, -0.1) is 12.3 Å². The lowest BCUT2D eigenvalue weighted by Gasteiger charge is -2.38. The van der Waals surface area contributed by atoms with Crippen LogP contribution in [0.4, 0.5) is 4.79 Å². The number of ketones is 1. The zero-order valence-corrected chi connectivity index (χ0v) is 31.5. The van der Waals surface area contributed by atoms with E-state index >= 15 is 0 Å². The molecule has 0 aromatic rings. The second kappa shape index (κ2) is 15.6. The van der Waals surface area contributed by atoms with E-state index in [1.54, 1.807) is 6.92 Å². The van der Waals surface area contributed by atoms with Crippen LogP contribution in [0.25, 0.3) is 0 Å². The Labute approximate surface area is 287 Å². The number of Topliss-reactive ketones (excluding diaryl/α,β-unsaturated/α-hetero) is 1. The first-order valence-electron chi connectivity index (χ1n) is 16.7. The van der Waals surface area contributed by atoms with Crippen molar-refractivity contribution in [1.29, 1.82) is 0 Å². The number of carbonyl (C=O) groups excluding carboxylic acids is 5. The largest absolute Gasteiger partial charge is 0.350 e. The summed E-state index contributed by atoms with van der Waals surface area (Å²) in [7, 11) is -2.08. The fourth-order valence-electron chi connectivity index (χ4n) is 6.62. The summed E-state index contributed by atoms with van der Waals surface area (Å²) < 4.78 is 25.4. The van der Waals surface area contributed by atoms with E-state index in [0.717, 1.165) is 17.0 Å². The van der Waals surface area contributed by atoms with Gasteiger partial charge in [0.1, 0.15) is 12.1 Å². The second-order valence-electron chi connectivity index (χ2n) is 16.1. The number of amides is 5. The van der Waals surface area contributed by atoms with Crippen molar-refractivity contribution in [2.75, 3.05) is 32.9 Å². The standard InChI is InChI=1S/C34H58N6O7S/c1-13-15-16-23(26(41)29(43)35-14-2)36-28(42)25-21-17-18-34(9,10)22(21)19-40(25)30(44)27(33(6,7)8)38-31(45)37-24(32(3,4)5)20-39(11)48(12,46)47/h1,21-25,27H,14-20H2,2-12H3,(H,35,43)(H,36,42)(H2,37,38,45)/t21-,22-,23?,24+,25-,27+/m0/s1. The number of likely N-dealkylation sites (tertiary alicyclic amines) is 1. The zero-order valence-electron chi connectivity index (χ0n) is 30.7. The summed E-state index contributed by atoms with van der Waals surface area (Å²) in [5, 5.41) is 10.9. The molecular weight excluding hydrogens is 636 g/mol. The van der Waals surface area contributed by atoms with Gasteiger partial charge in [-0.05, 0) is 54.3 Å². The molecule has 2 aliphatic rings. The molecule has 1 saturated heterocycles. The normalized spacial score (nSPS) is 22.6. The van der Waals surface area contributed by atoms with Gasteiger partial charge in [0.25, 0.3) is 5.91 Å². The lowest BCUT2D eigenvalue weighted by Crippen LogP contribution is -2.62. The number of nitrogens with zero attached hydrogens (tertiary/aromatic N) is 2. The molecule has 14 heteroatoms. The van der Waals surface area contributed by atoms with E-state index in [1.165, 1.54) is 11.9 Å². The Balaban J connectivity index is 2.44. The molecule has 48 heavy (non-hydrogen) atoms. The van der Waals surface area contributed by atoms with Gasteiger partial charge in [-0.25, -0.2) is 17.5 Å². The molecule has 1 unspecified atom stereocenters. The Hall–Kier alpha value is -3.18. The van der Waals surface area contributed by atoms with E-state index in [9.17, 15) is 32.4 Å². The first-order valence-corrected chi connectivity index (χ1v) is 18.6. The van der Waals surface area contributed by atoms with E-state index in [-0.39, 0.29) is 49.7 Å². The number of nitrogens with one attached hydrogen (secondary N) is 4. The van der Waals surface area contributed by atoms with E-state index in [0.29, 0.717) is 6.42 Å². The summed E-state index contributed by atoms with van der Waals surface area (Å²) in [4.78, 5) is 69.1. The van der Waals surface area contributed by atoms with Crippen LogP contribution in [0.1, 0.15) is 88.0 Å². The highest BCUT2D eigenvalue weighted by Crippen LogP contribution is 2.53. The van der Waals surface area contributed by atoms with E-state index < -0.39 is 74.6 Å². The first-order chi connectivity index (χ1) is 21.9. The van der Waals surface area contributed by atoms with E-state index in [2.05, 4.69) is 41.0 Å². The minimum atomic E-state index is -3.51. The van der Waals surface area contributed by atoms with Gasteiger partial charge in [0.05, 0.1) is 12.3 Å². The Morgan fingerprint density at radius 1 is 1.02 bits per heavy atom. The molecule has 0 spiro atoms. The van der Waals surface area contributed by atoms with Gasteiger partial charge in [0.15, 0.2) is 0 Å². The molecule has 2 rings (SSSR count). The quantitative estimate of drug-likeness (QED) is 0.168. The number of likely N-dealkylation sites (N-methyl/N-ethyl adjacent to an activating group) is 2. The number of hydrogen-bond donors (Lipinski definition) is 4. The third-order valence-electron chi connectivity index (χ3n) is 9.85. The highest BCUT2D eigenvalue weighted by Gasteiger charge is 2.57. The third-order valence-corrected chi connectivity index (χ3v) is 11.1. The monoisotopic (exact) mass is 694 g/mol. The molecule has 4 N–H and O–H groups in total. The molecular formula is C34H58N6O7S. The Morgan fingerprint density at radius 3 is 2.12 bits per heavy atom. The lowest BCUT2D eigenvalue weighted by molar-refractivity contribution is -0.144. The van der Waals surface area contributed by atoms with E-state index in [1.807, 2.05) is 41.5 Å². The summed E-state index contributed by atoms with van der Waals surface area (Å²) >= 11 is 0. The number of urea groups is 1. The van der Waals surface area contributed by atoms with Crippen LogP contribution in [0.3, 0.4) is 0 Å². The van der Waals surface area contributed by atoms with Gasteiger partial charge in [0, 0.05) is 39.1 Å². The average Bonchev–Trinajstić information content (AvgIpc) is 3.48. The SMILES string of the molecule is C#CCCC(NC(=O)[C@@H]1[C@H]2CCC(C)(C)[C@H]2CN1C(=O)[C@@H](NC(=O)N[C@H](CN(C)S(C)(=O)=O)C(C)(C)C)C(C)(C)C)C(=O)C(=O)NCC. The third kappa shape index (κ3) is 10.2. The number of rotatable bonds is 13. The molecule has 0 aromatic heterocycles. The van der Waals surface area contributed by atoms with Gasteiger partial charge in [-0.2, -0.15) is 0 Å². The van der Waals surface area contributed by atoms with Gasteiger partial charge in [0.2, 0.25) is 27.6 Å². The fourth-order valence-corrected chi connectivity index (χ4v) is 7.04. The number of sulfonamides is 1. The maximum absolute atomic E-state index is 14.5.